The molecular weight excluding hydrogens is 224 g/mol. The van der Waals surface area contributed by atoms with E-state index in [9.17, 15) is 0 Å². The summed E-state index contributed by atoms with van der Waals surface area (Å²) in [6.45, 7) is 4.27. The van der Waals surface area contributed by atoms with Crippen LogP contribution in [0.3, 0.4) is 0 Å². The number of aromatic nitrogens is 3. The average molecular weight is 244 g/mol. The zero-order valence-corrected chi connectivity index (χ0v) is 11.0. The Labute approximate surface area is 107 Å². The Morgan fingerprint density at radius 1 is 1.44 bits per heavy atom. The Bertz CT molecular complexity index is 574. The van der Waals surface area contributed by atoms with Crippen molar-refractivity contribution in [2.24, 2.45) is 5.73 Å². The van der Waals surface area contributed by atoms with Crippen molar-refractivity contribution >= 4 is 11.2 Å². The number of nitrogens with zero attached hydrogens (tertiary/aromatic N) is 2. The summed E-state index contributed by atoms with van der Waals surface area (Å²) in [5.41, 5.74) is 9.25. The van der Waals surface area contributed by atoms with Gasteiger partial charge in [0.15, 0.2) is 5.65 Å². The fourth-order valence-electron chi connectivity index (χ4n) is 2.93. The summed E-state index contributed by atoms with van der Waals surface area (Å²) < 4.78 is 0. The number of imidazole rings is 1. The third-order valence-electron chi connectivity index (χ3n) is 4.29. The smallest absolute Gasteiger partial charge is 0.177 e. The Morgan fingerprint density at radius 2 is 2.28 bits per heavy atom. The molecule has 0 aliphatic heterocycles. The summed E-state index contributed by atoms with van der Waals surface area (Å²) in [7, 11) is 0. The van der Waals surface area contributed by atoms with Gasteiger partial charge in [-0.25, -0.2) is 9.97 Å². The van der Waals surface area contributed by atoms with Crippen molar-refractivity contribution < 1.29 is 0 Å². The lowest BCUT2D eigenvalue weighted by Gasteiger charge is -2.37. The highest BCUT2D eigenvalue weighted by Gasteiger charge is 2.38. The monoisotopic (exact) mass is 244 g/mol. The Balaban J connectivity index is 2.07. The molecule has 0 spiro atoms. The lowest BCUT2D eigenvalue weighted by molar-refractivity contribution is 0.260. The predicted octanol–water partition coefficient (Wildman–Crippen LogP) is 2.43. The van der Waals surface area contributed by atoms with E-state index in [0.717, 1.165) is 35.4 Å². The molecule has 1 saturated carbocycles. The van der Waals surface area contributed by atoms with Crippen molar-refractivity contribution in [1.82, 2.24) is 15.0 Å². The third-order valence-corrected chi connectivity index (χ3v) is 4.29. The van der Waals surface area contributed by atoms with E-state index in [4.69, 9.17) is 5.73 Å². The van der Waals surface area contributed by atoms with Crippen LogP contribution in [0.4, 0.5) is 0 Å². The standard InChI is InChI=1S/C14H20N4/c1-9-7-10-12(16-8-9)18-13(17-10)14(2)6-4-3-5-11(14)15/h7-8,11H,3-6,15H2,1-2H3,(H,16,17,18). The number of hydrogen-bond donors (Lipinski definition) is 2. The van der Waals surface area contributed by atoms with Gasteiger partial charge >= 0.3 is 0 Å². The lowest BCUT2D eigenvalue weighted by atomic mass is 9.71. The fourth-order valence-corrected chi connectivity index (χ4v) is 2.93. The van der Waals surface area contributed by atoms with Crippen LogP contribution in [0.2, 0.25) is 0 Å². The highest BCUT2D eigenvalue weighted by atomic mass is 15.0. The van der Waals surface area contributed by atoms with Crippen molar-refractivity contribution in [3.63, 3.8) is 0 Å². The number of nitrogens with two attached hydrogens (primary N) is 1. The Hall–Kier alpha value is -1.42. The molecule has 0 radical (unpaired) electrons. The summed E-state index contributed by atoms with van der Waals surface area (Å²) in [5.74, 6) is 1.00. The molecule has 0 bridgehead atoms. The number of hydrogen-bond acceptors (Lipinski definition) is 3. The maximum Gasteiger partial charge on any atom is 0.177 e. The number of pyridine rings is 1. The summed E-state index contributed by atoms with van der Waals surface area (Å²) in [5, 5.41) is 0. The SMILES string of the molecule is Cc1cnc2nc(C3(C)CCCCC3N)[nH]c2c1. The zero-order valence-electron chi connectivity index (χ0n) is 11.0. The van der Waals surface area contributed by atoms with Gasteiger partial charge in [0.2, 0.25) is 0 Å². The van der Waals surface area contributed by atoms with E-state index in [1.165, 1.54) is 12.8 Å². The molecule has 2 aromatic rings. The van der Waals surface area contributed by atoms with Crippen molar-refractivity contribution in [3.05, 3.63) is 23.7 Å². The molecule has 2 heterocycles. The van der Waals surface area contributed by atoms with E-state index in [2.05, 4.69) is 27.9 Å². The highest BCUT2D eigenvalue weighted by molar-refractivity contribution is 5.71. The van der Waals surface area contributed by atoms with Gasteiger partial charge in [-0.2, -0.15) is 0 Å². The first-order valence-corrected chi connectivity index (χ1v) is 6.68. The summed E-state index contributed by atoms with van der Waals surface area (Å²) in [4.78, 5) is 12.4. The molecule has 3 N–H and O–H groups in total. The van der Waals surface area contributed by atoms with Crippen LogP contribution in [0.5, 0.6) is 0 Å². The highest BCUT2D eigenvalue weighted by Crippen LogP contribution is 2.37. The molecule has 1 aliphatic rings. The molecule has 96 valence electrons. The molecule has 4 heteroatoms. The molecule has 3 rings (SSSR count). The van der Waals surface area contributed by atoms with Crippen LogP contribution in [0, 0.1) is 6.92 Å². The zero-order chi connectivity index (χ0) is 12.8. The van der Waals surface area contributed by atoms with Crippen LogP contribution in [0.15, 0.2) is 12.3 Å². The minimum atomic E-state index is -0.0349. The number of nitrogens with one attached hydrogen (secondary N) is 1. The quantitative estimate of drug-likeness (QED) is 0.809. The number of aromatic amines is 1. The number of fused-ring (bicyclic) bond motifs is 1. The number of rotatable bonds is 1. The second kappa shape index (κ2) is 4.05. The fraction of sp³-hybridized carbons (Fsp3) is 0.571. The van der Waals surface area contributed by atoms with E-state index >= 15 is 0 Å². The van der Waals surface area contributed by atoms with Gasteiger partial charge in [-0.1, -0.05) is 19.8 Å². The second-order valence-corrected chi connectivity index (χ2v) is 5.74. The molecule has 0 amide bonds. The normalized spacial score (nSPS) is 28.7. The molecule has 2 aromatic heterocycles. The lowest BCUT2D eigenvalue weighted by Crippen LogP contribution is -2.46. The van der Waals surface area contributed by atoms with E-state index < -0.39 is 0 Å². The van der Waals surface area contributed by atoms with Gasteiger partial charge < -0.3 is 10.7 Å². The Kier molecular flexibility index (Phi) is 2.63. The van der Waals surface area contributed by atoms with Crippen LogP contribution < -0.4 is 5.73 Å². The van der Waals surface area contributed by atoms with E-state index in [1.807, 2.05) is 13.1 Å². The van der Waals surface area contributed by atoms with Gasteiger partial charge in [0.05, 0.1) is 5.52 Å². The van der Waals surface area contributed by atoms with Gasteiger partial charge in [0.1, 0.15) is 5.82 Å². The van der Waals surface area contributed by atoms with Crippen LogP contribution in [0.25, 0.3) is 11.2 Å². The molecule has 4 nitrogen and oxygen atoms in total. The van der Waals surface area contributed by atoms with Crippen molar-refractivity contribution in [1.29, 1.82) is 0 Å². The molecule has 18 heavy (non-hydrogen) atoms. The van der Waals surface area contributed by atoms with Gasteiger partial charge in [-0.3, -0.25) is 0 Å². The molecule has 2 unspecified atom stereocenters. The van der Waals surface area contributed by atoms with Crippen LogP contribution >= 0.6 is 0 Å². The van der Waals surface area contributed by atoms with Gasteiger partial charge in [-0.15, -0.1) is 0 Å². The molecule has 0 aromatic carbocycles. The average Bonchev–Trinajstić information content (AvgIpc) is 2.76. The minimum absolute atomic E-state index is 0.0349. The number of H-pyrrole nitrogens is 1. The molecule has 2 atom stereocenters. The van der Waals surface area contributed by atoms with E-state index in [1.54, 1.807) is 0 Å². The first-order chi connectivity index (χ1) is 8.59. The van der Waals surface area contributed by atoms with Crippen LogP contribution in [-0.2, 0) is 5.41 Å². The predicted molar refractivity (Wildman–Crippen MR) is 72.4 cm³/mol. The summed E-state index contributed by atoms with van der Waals surface area (Å²) in [6.07, 6.45) is 6.51. The summed E-state index contributed by atoms with van der Waals surface area (Å²) in [6, 6.07) is 2.28. The first kappa shape index (κ1) is 11.7. The molecule has 1 aliphatic carbocycles. The van der Waals surface area contributed by atoms with Gasteiger partial charge in [0.25, 0.3) is 0 Å². The van der Waals surface area contributed by atoms with E-state index in [0.29, 0.717) is 0 Å². The van der Waals surface area contributed by atoms with Gasteiger partial charge in [0, 0.05) is 17.7 Å². The van der Waals surface area contributed by atoms with Crippen LogP contribution in [0.1, 0.15) is 44.0 Å². The maximum absolute atomic E-state index is 6.32. The van der Waals surface area contributed by atoms with Crippen molar-refractivity contribution in [3.8, 4) is 0 Å². The minimum Gasteiger partial charge on any atom is -0.340 e. The van der Waals surface area contributed by atoms with Crippen molar-refractivity contribution in [2.45, 2.75) is 51.0 Å². The first-order valence-electron chi connectivity index (χ1n) is 6.68. The van der Waals surface area contributed by atoms with Crippen LogP contribution in [-0.4, -0.2) is 21.0 Å². The molecule has 1 fully saturated rings. The Morgan fingerprint density at radius 3 is 3.06 bits per heavy atom. The maximum atomic E-state index is 6.32. The summed E-state index contributed by atoms with van der Waals surface area (Å²) >= 11 is 0. The number of aryl methyl sites for hydroxylation is 1. The van der Waals surface area contributed by atoms with E-state index in [-0.39, 0.29) is 11.5 Å². The van der Waals surface area contributed by atoms with Crippen molar-refractivity contribution in [2.75, 3.05) is 0 Å². The second-order valence-electron chi connectivity index (χ2n) is 5.74. The topological polar surface area (TPSA) is 67.6 Å². The molecular formula is C14H20N4. The molecule has 0 saturated heterocycles. The third kappa shape index (κ3) is 1.72. The van der Waals surface area contributed by atoms with Gasteiger partial charge in [-0.05, 0) is 31.4 Å². The largest absolute Gasteiger partial charge is 0.340 e.